The van der Waals surface area contributed by atoms with Crippen LogP contribution in [-0.2, 0) is 11.3 Å². The third-order valence-corrected chi connectivity index (χ3v) is 3.00. The van der Waals surface area contributed by atoms with Crippen LogP contribution in [0, 0.1) is 13.8 Å². The van der Waals surface area contributed by atoms with E-state index in [0.717, 1.165) is 17.0 Å². The molecule has 0 aliphatic heterocycles. The third kappa shape index (κ3) is 5.03. The normalized spacial score (nSPS) is 11.7. The van der Waals surface area contributed by atoms with Crippen LogP contribution in [0.5, 0.6) is 0 Å². The number of hydrogen-bond acceptors (Lipinski definition) is 4. The van der Waals surface area contributed by atoms with E-state index in [1.807, 2.05) is 20.9 Å². The van der Waals surface area contributed by atoms with Gasteiger partial charge < -0.3 is 14.7 Å². The van der Waals surface area contributed by atoms with Crippen molar-refractivity contribution in [2.24, 2.45) is 0 Å². The fraction of sp³-hybridized carbons (Fsp3) is 0.714. The second-order valence-corrected chi connectivity index (χ2v) is 5.98. The van der Waals surface area contributed by atoms with Gasteiger partial charge in [-0.2, -0.15) is 0 Å². The minimum atomic E-state index is 0.0422. The Morgan fingerprint density at radius 2 is 2.00 bits per heavy atom. The zero-order valence-electron chi connectivity index (χ0n) is 12.8. The lowest BCUT2D eigenvalue weighted by Gasteiger charge is -2.22. The Morgan fingerprint density at radius 3 is 2.47 bits per heavy atom. The van der Waals surface area contributed by atoms with Gasteiger partial charge in [0.05, 0.1) is 12.2 Å². The van der Waals surface area contributed by atoms with Crippen LogP contribution < -0.4 is 5.32 Å². The highest BCUT2D eigenvalue weighted by Crippen LogP contribution is 2.14. The minimum Gasteiger partial charge on any atom is -0.361 e. The number of carbonyl (C=O) groups excluding carboxylic acids is 1. The molecule has 0 aliphatic rings. The van der Waals surface area contributed by atoms with Gasteiger partial charge in [-0.3, -0.25) is 4.79 Å². The molecule has 1 aromatic rings. The zero-order valence-corrected chi connectivity index (χ0v) is 12.8. The summed E-state index contributed by atoms with van der Waals surface area (Å²) < 4.78 is 5.10. The molecule has 0 atom stereocenters. The van der Waals surface area contributed by atoms with Crippen LogP contribution in [0.15, 0.2) is 4.52 Å². The van der Waals surface area contributed by atoms with Gasteiger partial charge in [0, 0.05) is 31.1 Å². The van der Waals surface area contributed by atoms with Crippen molar-refractivity contribution in [2.45, 2.75) is 53.1 Å². The Bertz CT molecular complexity index is 413. The van der Waals surface area contributed by atoms with Crippen molar-refractivity contribution in [3.8, 4) is 0 Å². The lowest BCUT2D eigenvalue weighted by molar-refractivity contribution is -0.130. The molecule has 1 N–H and O–H groups in total. The summed E-state index contributed by atoms with van der Waals surface area (Å²) in [7, 11) is 1.81. The van der Waals surface area contributed by atoms with Crippen molar-refractivity contribution in [1.29, 1.82) is 0 Å². The Labute approximate surface area is 115 Å². The number of rotatable bonds is 5. The molecular formula is C14H25N3O2. The van der Waals surface area contributed by atoms with Crippen molar-refractivity contribution in [3.05, 3.63) is 17.0 Å². The summed E-state index contributed by atoms with van der Waals surface area (Å²) in [4.78, 5) is 13.7. The van der Waals surface area contributed by atoms with Gasteiger partial charge in [-0.15, -0.1) is 0 Å². The van der Waals surface area contributed by atoms with Crippen molar-refractivity contribution in [3.63, 3.8) is 0 Å². The monoisotopic (exact) mass is 267 g/mol. The number of aryl methyl sites for hydroxylation is 2. The fourth-order valence-corrected chi connectivity index (χ4v) is 1.79. The van der Waals surface area contributed by atoms with E-state index in [9.17, 15) is 4.79 Å². The average molecular weight is 267 g/mol. The summed E-state index contributed by atoms with van der Waals surface area (Å²) in [5.74, 6) is 0.904. The summed E-state index contributed by atoms with van der Waals surface area (Å²) in [6.45, 7) is 11.3. The summed E-state index contributed by atoms with van der Waals surface area (Å²) in [5, 5.41) is 7.21. The molecule has 0 saturated heterocycles. The second kappa shape index (κ2) is 6.19. The van der Waals surface area contributed by atoms with Gasteiger partial charge in [0.1, 0.15) is 5.76 Å². The van der Waals surface area contributed by atoms with Gasteiger partial charge >= 0.3 is 0 Å². The number of nitrogens with one attached hydrogen (secondary N) is 1. The maximum absolute atomic E-state index is 12.0. The molecule has 19 heavy (non-hydrogen) atoms. The molecule has 0 fully saturated rings. The first-order valence-electron chi connectivity index (χ1n) is 6.61. The van der Waals surface area contributed by atoms with E-state index in [1.54, 1.807) is 4.90 Å². The predicted octanol–water partition coefficient (Wildman–Crippen LogP) is 2.03. The van der Waals surface area contributed by atoms with Crippen LogP contribution in [0.1, 0.15) is 44.2 Å². The van der Waals surface area contributed by atoms with Crippen LogP contribution >= 0.6 is 0 Å². The van der Waals surface area contributed by atoms with Crippen LogP contribution in [-0.4, -0.2) is 35.1 Å². The van der Waals surface area contributed by atoms with Gasteiger partial charge in [0.25, 0.3) is 0 Å². The average Bonchev–Trinajstić information content (AvgIpc) is 2.58. The smallest absolute Gasteiger partial charge is 0.223 e. The SMILES string of the molecule is Cc1noc(C)c1CN(C)C(=O)CCNC(C)(C)C. The van der Waals surface area contributed by atoms with E-state index in [-0.39, 0.29) is 11.4 Å². The highest BCUT2D eigenvalue weighted by atomic mass is 16.5. The number of amides is 1. The summed E-state index contributed by atoms with van der Waals surface area (Å²) in [6.07, 6.45) is 0.497. The largest absolute Gasteiger partial charge is 0.361 e. The van der Waals surface area contributed by atoms with Crippen LogP contribution in [0.25, 0.3) is 0 Å². The Morgan fingerprint density at radius 1 is 1.37 bits per heavy atom. The molecule has 1 rings (SSSR count). The summed E-state index contributed by atoms with van der Waals surface area (Å²) in [5.41, 5.74) is 1.89. The summed E-state index contributed by atoms with van der Waals surface area (Å²) in [6, 6.07) is 0. The van der Waals surface area contributed by atoms with Gasteiger partial charge in [-0.05, 0) is 34.6 Å². The van der Waals surface area contributed by atoms with Crippen LogP contribution in [0.2, 0.25) is 0 Å². The molecule has 1 heterocycles. The third-order valence-electron chi connectivity index (χ3n) is 3.00. The van der Waals surface area contributed by atoms with E-state index < -0.39 is 0 Å². The molecule has 0 bridgehead atoms. The predicted molar refractivity (Wildman–Crippen MR) is 74.8 cm³/mol. The van der Waals surface area contributed by atoms with Crippen LogP contribution in [0.3, 0.4) is 0 Å². The molecule has 0 saturated carbocycles. The topological polar surface area (TPSA) is 58.4 Å². The first-order valence-corrected chi connectivity index (χ1v) is 6.61. The van der Waals surface area contributed by atoms with Gasteiger partial charge in [-0.1, -0.05) is 5.16 Å². The minimum absolute atomic E-state index is 0.0422. The zero-order chi connectivity index (χ0) is 14.6. The van der Waals surface area contributed by atoms with Gasteiger partial charge in [0.15, 0.2) is 0 Å². The van der Waals surface area contributed by atoms with E-state index in [4.69, 9.17) is 4.52 Å². The molecule has 0 radical (unpaired) electrons. The standard InChI is InChI=1S/C14H25N3O2/c1-10-12(11(2)19-16-10)9-17(6)13(18)7-8-15-14(3,4)5/h15H,7-9H2,1-6H3. The Hall–Kier alpha value is -1.36. The second-order valence-electron chi connectivity index (χ2n) is 5.98. The molecule has 5 heteroatoms. The Kier molecular flexibility index (Phi) is 5.11. The lowest BCUT2D eigenvalue weighted by atomic mass is 10.1. The van der Waals surface area contributed by atoms with E-state index in [2.05, 4.69) is 31.2 Å². The fourth-order valence-electron chi connectivity index (χ4n) is 1.79. The summed E-state index contributed by atoms with van der Waals surface area (Å²) >= 11 is 0. The van der Waals surface area contributed by atoms with E-state index in [0.29, 0.717) is 19.5 Å². The first-order chi connectivity index (χ1) is 8.70. The molecule has 108 valence electrons. The first kappa shape index (κ1) is 15.7. The lowest BCUT2D eigenvalue weighted by Crippen LogP contribution is -2.38. The molecule has 1 amide bonds. The molecule has 0 unspecified atom stereocenters. The maximum Gasteiger partial charge on any atom is 0.223 e. The highest BCUT2D eigenvalue weighted by Gasteiger charge is 2.16. The highest BCUT2D eigenvalue weighted by molar-refractivity contribution is 5.76. The molecule has 5 nitrogen and oxygen atoms in total. The Balaban J connectivity index is 2.45. The quantitative estimate of drug-likeness (QED) is 0.887. The number of aromatic nitrogens is 1. The van der Waals surface area contributed by atoms with Gasteiger partial charge in [0.2, 0.25) is 5.91 Å². The molecule has 0 aliphatic carbocycles. The number of carbonyl (C=O) groups is 1. The van der Waals surface area contributed by atoms with E-state index in [1.165, 1.54) is 0 Å². The van der Waals surface area contributed by atoms with Crippen molar-refractivity contribution >= 4 is 5.91 Å². The van der Waals surface area contributed by atoms with Crippen molar-refractivity contribution in [1.82, 2.24) is 15.4 Å². The van der Waals surface area contributed by atoms with Crippen molar-refractivity contribution < 1.29 is 9.32 Å². The van der Waals surface area contributed by atoms with Crippen molar-refractivity contribution in [2.75, 3.05) is 13.6 Å². The maximum atomic E-state index is 12.0. The van der Waals surface area contributed by atoms with Crippen LogP contribution in [0.4, 0.5) is 0 Å². The number of nitrogens with zero attached hydrogens (tertiary/aromatic N) is 2. The molecule has 1 aromatic heterocycles. The van der Waals surface area contributed by atoms with Gasteiger partial charge in [-0.25, -0.2) is 0 Å². The molecule has 0 spiro atoms. The molecular weight excluding hydrogens is 242 g/mol. The molecule has 0 aromatic carbocycles. The number of hydrogen-bond donors (Lipinski definition) is 1. The van der Waals surface area contributed by atoms with E-state index >= 15 is 0 Å².